The number of fused-ring (bicyclic) bond motifs is 1. The summed E-state index contributed by atoms with van der Waals surface area (Å²) in [5.41, 5.74) is 2.86. The van der Waals surface area contributed by atoms with E-state index in [0.29, 0.717) is 6.04 Å². The molecule has 0 aliphatic heterocycles. The van der Waals surface area contributed by atoms with Crippen molar-refractivity contribution in [1.82, 2.24) is 15.0 Å². The Hall–Kier alpha value is -1.75. The molecule has 0 radical (unpaired) electrons. The fourth-order valence-corrected chi connectivity index (χ4v) is 2.93. The highest BCUT2D eigenvalue weighted by Gasteiger charge is 2.20. The second kappa shape index (κ2) is 5.32. The normalized spacial score (nSPS) is 22.9. The first-order valence-electron chi connectivity index (χ1n) is 7.17. The van der Waals surface area contributed by atoms with E-state index in [1.54, 1.807) is 6.33 Å². The molecule has 0 bridgehead atoms. The van der Waals surface area contributed by atoms with Gasteiger partial charge in [0.15, 0.2) is 5.65 Å². The number of rotatable bonds is 2. The lowest BCUT2D eigenvalue weighted by atomic mass is 9.93. The first-order chi connectivity index (χ1) is 9.63. The van der Waals surface area contributed by atoms with Gasteiger partial charge in [0.05, 0.1) is 11.5 Å². The van der Waals surface area contributed by atoms with Gasteiger partial charge in [0, 0.05) is 11.7 Å². The van der Waals surface area contributed by atoms with E-state index in [4.69, 9.17) is 0 Å². The lowest BCUT2D eigenvalue weighted by molar-refractivity contribution is 0.126. The average Bonchev–Trinajstić information content (AvgIpc) is 2.41. The largest absolute Gasteiger partial charge is 0.393 e. The topological polar surface area (TPSA) is 70.9 Å². The van der Waals surface area contributed by atoms with E-state index in [9.17, 15) is 5.11 Å². The third-order valence-corrected chi connectivity index (χ3v) is 3.97. The molecular weight excluding hydrogens is 252 g/mol. The van der Waals surface area contributed by atoms with Crippen LogP contribution in [0.5, 0.6) is 0 Å². The Bertz CT molecular complexity index is 621. The van der Waals surface area contributed by atoms with Crippen LogP contribution in [0, 0.1) is 13.8 Å². The first-order valence-corrected chi connectivity index (χ1v) is 7.17. The van der Waals surface area contributed by atoms with Gasteiger partial charge in [-0.2, -0.15) is 0 Å². The van der Waals surface area contributed by atoms with Crippen LogP contribution < -0.4 is 5.32 Å². The zero-order valence-corrected chi connectivity index (χ0v) is 11.9. The number of pyridine rings is 1. The maximum Gasteiger partial charge on any atom is 0.165 e. The van der Waals surface area contributed by atoms with Crippen LogP contribution in [0.3, 0.4) is 0 Å². The van der Waals surface area contributed by atoms with Crippen molar-refractivity contribution in [2.24, 2.45) is 0 Å². The molecule has 5 nitrogen and oxygen atoms in total. The molecule has 1 saturated carbocycles. The van der Waals surface area contributed by atoms with Crippen molar-refractivity contribution in [3.05, 3.63) is 23.7 Å². The van der Waals surface area contributed by atoms with Crippen molar-refractivity contribution in [1.29, 1.82) is 0 Å². The molecule has 2 heterocycles. The minimum absolute atomic E-state index is 0.138. The fraction of sp³-hybridized carbons (Fsp3) is 0.533. The molecule has 0 atom stereocenters. The number of anilines is 1. The minimum atomic E-state index is -0.138. The van der Waals surface area contributed by atoms with Crippen LogP contribution >= 0.6 is 0 Å². The maximum atomic E-state index is 9.58. The zero-order valence-electron chi connectivity index (χ0n) is 11.9. The van der Waals surface area contributed by atoms with Crippen molar-refractivity contribution >= 4 is 16.9 Å². The van der Waals surface area contributed by atoms with Gasteiger partial charge >= 0.3 is 0 Å². The van der Waals surface area contributed by atoms with Crippen LogP contribution in [-0.2, 0) is 0 Å². The average molecular weight is 272 g/mol. The van der Waals surface area contributed by atoms with Crippen LogP contribution in [0.4, 0.5) is 5.82 Å². The summed E-state index contributed by atoms with van der Waals surface area (Å²) >= 11 is 0. The summed E-state index contributed by atoms with van der Waals surface area (Å²) in [6.07, 6.45) is 5.10. The number of nitrogens with zero attached hydrogens (tertiary/aromatic N) is 3. The fourth-order valence-electron chi connectivity index (χ4n) is 2.93. The Balaban J connectivity index is 1.91. The molecule has 0 unspecified atom stereocenters. The van der Waals surface area contributed by atoms with Crippen molar-refractivity contribution in [3.8, 4) is 0 Å². The minimum Gasteiger partial charge on any atom is -0.393 e. The smallest absolute Gasteiger partial charge is 0.165 e. The van der Waals surface area contributed by atoms with E-state index in [2.05, 4.69) is 33.3 Å². The van der Waals surface area contributed by atoms with Crippen LogP contribution in [0.1, 0.15) is 36.9 Å². The second-order valence-corrected chi connectivity index (χ2v) is 5.65. The number of nitrogens with one attached hydrogen (secondary N) is 1. The van der Waals surface area contributed by atoms with Crippen LogP contribution in [0.15, 0.2) is 12.4 Å². The number of aryl methyl sites for hydroxylation is 2. The molecular formula is C15H20N4O. The van der Waals surface area contributed by atoms with E-state index in [-0.39, 0.29) is 6.10 Å². The predicted octanol–water partition coefficient (Wildman–Crippen LogP) is 2.36. The highest BCUT2D eigenvalue weighted by molar-refractivity contribution is 5.89. The monoisotopic (exact) mass is 272 g/mol. The molecule has 3 rings (SSSR count). The summed E-state index contributed by atoms with van der Waals surface area (Å²) in [6, 6.07) is 2.43. The van der Waals surface area contributed by atoms with E-state index in [0.717, 1.165) is 53.8 Å². The maximum absolute atomic E-state index is 9.58. The van der Waals surface area contributed by atoms with Gasteiger partial charge < -0.3 is 10.4 Å². The van der Waals surface area contributed by atoms with Crippen LogP contribution in [-0.4, -0.2) is 32.2 Å². The molecule has 106 valence electrons. The van der Waals surface area contributed by atoms with Gasteiger partial charge in [-0.1, -0.05) is 0 Å². The molecule has 5 heteroatoms. The SMILES string of the molecule is Cc1cc(C)c2c(NC3CCC(O)CC3)ncnc2n1. The van der Waals surface area contributed by atoms with Crippen molar-refractivity contribution in [2.45, 2.75) is 51.7 Å². The molecule has 0 saturated heterocycles. The van der Waals surface area contributed by atoms with Crippen LogP contribution in [0.25, 0.3) is 11.0 Å². The summed E-state index contributed by atoms with van der Waals surface area (Å²) in [4.78, 5) is 13.1. The standard InChI is InChI=1S/C15H20N4O/c1-9-7-10(2)18-14-13(9)15(17-8-16-14)19-11-3-5-12(20)6-4-11/h7-8,11-12,20H,3-6H2,1-2H3,(H,16,17,18,19). The highest BCUT2D eigenvalue weighted by atomic mass is 16.3. The van der Waals surface area contributed by atoms with Gasteiger partial charge in [-0.3, -0.25) is 0 Å². The predicted molar refractivity (Wildman–Crippen MR) is 78.7 cm³/mol. The van der Waals surface area contributed by atoms with Gasteiger partial charge in [0.1, 0.15) is 12.1 Å². The van der Waals surface area contributed by atoms with Crippen molar-refractivity contribution in [3.63, 3.8) is 0 Å². The van der Waals surface area contributed by atoms with Gasteiger partial charge in [-0.25, -0.2) is 15.0 Å². The first kappa shape index (κ1) is 13.2. The third-order valence-electron chi connectivity index (χ3n) is 3.97. The van der Waals surface area contributed by atoms with E-state index < -0.39 is 0 Å². The molecule has 2 N–H and O–H groups in total. The molecule has 1 aliphatic rings. The lowest BCUT2D eigenvalue weighted by Gasteiger charge is -2.27. The van der Waals surface area contributed by atoms with E-state index >= 15 is 0 Å². The van der Waals surface area contributed by atoms with Crippen molar-refractivity contribution < 1.29 is 5.11 Å². The summed E-state index contributed by atoms with van der Waals surface area (Å²) in [6.45, 7) is 4.04. The molecule has 1 fully saturated rings. The van der Waals surface area contributed by atoms with Gasteiger partial charge in [-0.15, -0.1) is 0 Å². The van der Waals surface area contributed by atoms with Gasteiger partial charge in [0.2, 0.25) is 0 Å². The molecule has 0 aromatic carbocycles. The quantitative estimate of drug-likeness (QED) is 0.878. The Kier molecular flexibility index (Phi) is 3.53. The number of aliphatic hydroxyl groups excluding tert-OH is 1. The lowest BCUT2D eigenvalue weighted by Crippen LogP contribution is -2.28. The van der Waals surface area contributed by atoms with E-state index in [1.807, 2.05) is 6.92 Å². The van der Waals surface area contributed by atoms with E-state index in [1.165, 1.54) is 0 Å². The highest BCUT2D eigenvalue weighted by Crippen LogP contribution is 2.26. The third kappa shape index (κ3) is 2.58. The summed E-state index contributed by atoms with van der Waals surface area (Å²) in [7, 11) is 0. The molecule has 2 aromatic heterocycles. The molecule has 2 aromatic rings. The summed E-state index contributed by atoms with van der Waals surface area (Å²) in [5.74, 6) is 0.862. The summed E-state index contributed by atoms with van der Waals surface area (Å²) in [5, 5.41) is 14.1. The molecule has 1 aliphatic carbocycles. The second-order valence-electron chi connectivity index (χ2n) is 5.65. The van der Waals surface area contributed by atoms with Crippen molar-refractivity contribution in [2.75, 3.05) is 5.32 Å². The number of hydrogen-bond acceptors (Lipinski definition) is 5. The molecule has 0 spiro atoms. The summed E-state index contributed by atoms with van der Waals surface area (Å²) < 4.78 is 0. The zero-order chi connectivity index (χ0) is 14.1. The molecule has 0 amide bonds. The van der Waals surface area contributed by atoms with Crippen LogP contribution in [0.2, 0.25) is 0 Å². The Labute approximate surface area is 118 Å². The Morgan fingerprint density at radius 1 is 1.15 bits per heavy atom. The molecule has 20 heavy (non-hydrogen) atoms. The van der Waals surface area contributed by atoms with Gasteiger partial charge in [0.25, 0.3) is 0 Å². The Morgan fingerprint density at radius 3 is 2.65 bits per heavy atom. The Morgan fingerprint density at radius 2 is 1.90 bits per heavy atom. The van der Waals surface area contributed by atoms with Gasteiger partial charge in [-0.05, 0) is 51.2 Å². The number of aliphatic hydroxyl groups is 1. The number of hydrogen-bond donors (Lipinski definition) is 2. The number of aromatic nitrogens is 3.